The first kappa shape index (κ1) is 15.3. The smallest absolute Gasteiger partial charge is 0.145 e. The molecule has 6 nitrogen and oxygen atoms in total. The molecule has 6 heteroatoms. The summed E-state index contributed by atoms with van der Waals surface area (Å²) in [5.41, 5.74) is 3.71. The summed E-state index contributed by atoms with van der Waals surface area (Å²) in [5.74, 6) is 9.62. The Hall–Kier alpha value is -2.08. The van der Waals surface area contributed by atoms with Gasteiger partial charge in [0.1, 0.15) is 29.0 Å². The lowest BCUT2D eigenvalue weighted by Gasteiger charge is -2.16. The highest BCUT2D eigenvalue weighted by Gasteiger charge is 2.14. The molecular weight excluding hydrogens is 266 g/mol. The second-order valence-electron chi connectivity index (χ2n) is 5.53. The fourth-order valence-corrected chi connectivity index (χ4v) is 2.25. The molecule has 0 aliphatic heterocycles. The molecule has 2 aromatic heterocycles. The number of hydrazine groups is 1. The van der Waals surface area contributed by atoms with Crippen molar-refractivity contribution < 1.29 is 4.42 Å². The molecule has 1 atom stereocenters. The Kier molecular flexibility index (Phi) is 4.47. The highest BCUT2D eigenvalue weighted by Crippen LogP contribution is 2.25. The summed E-state index contributed by atoms with van der Waals surface area (Å²) in [7, 11) is 0. The second kappa shape index (κ2) is 6.13. The summed E-state index contributed by atoms with van der Waals surface area (Å²) in [5, 5.41) is 3.38. The minimum absolute atomic E-state index is 0.0861. The summed E-state index contributed by atoms with van der Waals surface area (Å²) in [6.07, 6.45) is 0. The van der Waals surface area contributed by atoms with E-state index in [0.29, 0.717) is 5.82 Å². The topological polar surface area (TPSA) is 89.0 Å². The quantitative estimate of drug-likeness (QED) is 0.578. The SMILES string of the molecule is Cc1cc(C(C)Nc2cc(NN)nc(C(C)C)n2)c(C)o1. The lowest BCUT2D eigenvalue weighted by atomic mass is 10.1. The van der Waals surface area contributed by atoms with Crippen molar-refractivity contribution in [2.24, 2.45) is 5.84 Å². The van der Waals surface area contributed by atoms with Crippen molar-refractivity contribution in [3.63, 3.8) is 0 Å². The van der Waals surface area contributed by atoms with Gasteiger partial charge < -0.3 is 15.2 Å². The van der Waals surface area contributed by atoms with E-state index in [9.17, 15) is 0 Å². The first-order valence-corrected chi connectivity index (χ1v) is 7.09. The first-order chi connectivity index (χ1) is 9.90. The highest BCUT2D eigenvalue weighted by atomic mass is 16.3. The Morgan fingerprint density at radius 3 is 2.29 bits per heavy atom. The largest absolute Gasteiger partial charge is 0.466 e. The zero-order chi connectivity index (χ0) is 15.6. The van der Waals surface area contributed by atoms with Gasteiger partial charge in [0.05, 0.1) is 6.04 Å². The molecule has 0 saturated carbocycles. The molecule has 0 fully saturated rings. The molecule has 114 valence electrons. The number of aromatic nitrogens is 2. The van der Waals surface area contributed by atoms with Crippen LogP contribution in [0.5, 0.6) is 0 Å². The summed E-state index contributed by atoms with van der Waals surface area (Å²) in [6.45, 7) is 10.1. The number of nitrogen functional groups attached to an aromatic ring is 1. The Bertz CT molecular complexity index is 621. The van der Waals surface area contributed by atoms with E-state index in [4.69, 9.17) is 10.3 Å². The third-order valence-corrected chi connectivity index (χ3v) is 3.32. The standard InChI is InChI=1S/C15H23N5O/c1-8(2)15-18-13(7-14(19-15)20-16)17-10(4)12-6-9(3)21-11(12)5/h6-8,10H,16H2,1-5H3,(H2,17,18,19,20). The maximum atomic E-state index is 5.58. The number of nitrogens with zero attached hydrogens (tertiary/aromatic N) is 2. The van der Waals surface area contributed by atoms with Crippen LogP contribution in [0, 0.1) is 13.8 Å². The minimum Gasteiger partial charge on any atom is -0.466 e. The molecular formula is C15H23N5O. The summed E-state index contributed by atoms with van der Waals surface area (Å²) >= 11 is 0. The molecule has 2 heterocycles. The molecule has 1 unspecified atom stereocenters. The van der Waals surface area contributed by atoms with Crippen molar-refractivity contribution >= 4 is 11.6 Å². The number of aryl methyl sites for hydroxylation is 2. The fraction of sp³-hybridized carbons (Fsp3) is 0.467. The molecule has 2 aromatic rings. The van der Waals surface area contributed by atoms with Crippen LogP contribution < -0.4 is 16.6 Å². The summed E-state index contributed by atoms with van der Waals surface area (Å²) in [4.78, 5) is 8.88. The number of nitrogens with one attached hydrogen (secondary N) is 2. The van der Waals surface area contributed by atoms with Gasteiger partial charge in [0.2, 0.25) is 0 Å². The minimum atomic E-state index is 0.0861. The van der Waals surface area contributed by atoms with Crippen LogP contribution in [0.25, 0.3) is 0 Å². The van der Waals surface area contributed by atoms with E-state index in [2.05, 4.69) is 27.6 Å². The zero-order valence-corrected chi connectivity index (χ0v) is 13.2. The molecule has 21 heavy (non-hydrogen) atoms. The molecule has 0 aliphatic rings. The van der Waals surface area contributed by atoms with Crippen LogP contribution in [0.3, 0.4) is 0 Å². The summed E-state index contributed by atoms with van der Waals surface area (Å²) < 4.78 is 5.58. The van der Waals surface area contributed by atoms with E-state index in [1.54, 1.807) is 6.07 Å². The van der Waals surface area contributed by atoms with Gasteiger partial charge in [-0.2, -0.15) is 0 Å². The van der Waals surface area contributed by atoms with Gasteiger partial charge in [-0.1, -0.05) is 13.8 Å². The van der Waals surface area contributed by atoms with Gasteiger partial charge in [-0.25, -0.2) is 15.8 Å². The molecule has 0 radical (unpaired) electrons. The second-order valence-corrected chi connectivity index (χ2v) is 5.53. The zero-order valence-electron chi connectivity index (χ0n) is 13.2. The lowest BCUT2D eigenvalue weighted by Crippen LogP contribution is -2.14. The summed E-state index contributed by atoms with van der Waals surface area (Å²) in [6, 6.07) is 3.92. The van der Waals surface area contributed by atoms with Gasteiger partial charge in [0.25, 0.3) is 0 Å². The average Bonchev–Trinajstić information content (AvgIpc) is 2.77. The van der Waals surface area contributed by atoms with Crippen molar-refractivity contribution in [1.29, 1.82) is 0 Å². The fourth-order valence-electron chi connectivity index (χ4n) is 2.25. The van der Waals surface area contributed by atoms with Crippen LogP contribution in [0.2, 0.25) is 0 Å². The van der Waals surface area contributed by atoms with Gasteiger partial charge >= 0.3 is 0 Å². The van der Waals surface area contributed by atoms with E-state index in [1.807, 2.05) is 33.8 Å². The van der Waals surface area contributed by atoms with Crippen molar-refractivity contribution in [2.45, 2.75) is 46.6 Å². The molecule has 0 aliphatic carbocycles. The molecule has 0 saturated heterocycles. The highest BCUT2D eigenvalue weighted by molar-refractivity contribution is 5.48. The first-order valence-electron chi connectivity index (χ1n) is 7.09. The van der Waals surface area contributed by atoms with E-state index < -0.39 is 0 Å². The van der Waals surface area contributed by atoms with Crippen LogP contribution in [-0.4, -0.2) is 9.97 Å². The van der Waals surface area contributed by atoms with Gasteiger partial charge in [0.15, 0.2) is 0 Å². The van der Waals surface area contributed by atoms with Crippen LogP contribution in [0.1, 0.15) is 55.6 Å². The Morgan fingerprint density at radius 1 is 1.10 bits per heavy atom. The number of nitrogens with two attached hydrogens (primary N) is 1. The van der Waals surface area contributed by atoms with Crippen molar-refractivity contribution in [3.05, 3.63) is 35.0 Å². The van der Waals surface area contributed by atoms with Gasteiger partial charge in [-0.15, -0.1) is 0 Å². The van der Waals surface area contributed by atoms with Crippen LogP contribution in [0.4, 0.5) is 11.6 Å². The van der Waals surface area contributed by atoms with Gasteiger partial charge in [0, 0.05) is 17.5 Å². The van der Waals surface area contributed by atoms with Gasteiger partial charge in [-0.05, 0) is 26.8 Å². The third kappa shape index (κ3) is 3.52. The average molecular weight is 289 g/mol. The lowest BCUT2D eigenvalue weighted by molar-refractivity contribution is 0.499. The molecule has 4 N–H and O–H groups in total. The maximum absolute atomic E-state index is 5.58. The molecule has 2 rings (SSSR count). The number of hydrogen-bond donors (Lipinski definition) is 3. The van der Waals surface area contributed by atoms with E-state index in [-0.39, 0.29) is 12.0 Å². The number of anilines is 2. The van der Waals surface area contributed by atoms with E-state index in [0.717, 1.165) is 28.7 Å². The molecule has 0 amide bonds. The van der Waals surface area contributed by atoms with Crippen molar-refractivity contribution in [2.75, 3.05) is 10.7 Å². The van der Waals surface area contributed by atoms with E-state index in [1.165, 1.54) is 0 Å². The Balaban J connectivity index is 2.26. The van der Waals surface area contributed by atoms with E-state index >= 15 is 0 Å². The molecule has 0 bridgehead atoms. The predicted octanol–water partition coefficient (Wildman–Crippen LogP) is 3.27. The Labute approximate surface area is 125 Å². The Morgan fingerprint density at radius 2 is 1.76 bits per heavy atom. The van der Waals surface area contributed by atoms with Crippen molar-refractivity contribution in [3.8, 4) is 0 Å². The number of furan rings is 1. The van der Waals surface area contributed by atoms with Crippen LogP contribution in [-0.2, 0) is 0 Å². The predicted molar refractivity (Wildman–Crippen MR) is 84.2 cm³/mol. The van der Waals surface area contributed by atoms with Crippen LogP contribution in [0.15, 0.2) is 16.5 Å². The maximum Gasteiger partial charge on any atom is 0.145 e. The number of rotatable bonds is 5. The van der Waals surface area contributed by atoms with Gasteiger partial charge in [-0.3, -0.25) is 0 Å². The number of hydrogen-bond acceptors (Lipinski definition) is 6. The molecule has 0 spiro atoms. The third-order valence-electron chi connectivity index (χ3n) is 3.32. The van der Waals surface area contributed by atoms with Crippen LogP contribution >= 0.6 is 0 Å². The van der Waals surface area contributed by atoms with Crippen molar-refractivity contribution in [1.82, 2.24) is 9.97 Å². The normalized spacial score (nSPS) is 12.5. The monoisotopic (exact) mass is 289 g/mol. The molecule has 0 aromatic carbocycles.